The Bertz CT molecular complexity index is 1350. The van der Waals surface area contributed by atoms with Crippen molar-refractivity contribution in [1.29, 1.82) is 0 Å². The number of carbonyl (C=O) groups is 1. The van der Waals surface area contributed by atoms with E-state index in [9.17, 15) is 4.79 Å². The summed E-state index contributed by atoms with van der Waals surface area (Å²) in [7, 11) is 0. The van der Waals surface area contributed by atoms with Gasteiger partial charge in [-0.05, 0) is 60.1 Å². The number of fused-ring (bicyclic) bond motifs is 1. The van der Waals surface area contributed by atoms with Crippen LogP contribution in [0.2, 0.25) is 0 Å². The molecule has 5 rings (SSSR count). The van der Waals surface area contributed by atoms with Crippen molar-refractivity contribution in [1.82, 2.24) is 19.9 Å². The SMILES string of the molecule is Cc1ccccc1Cn1c(SCc2ccc(C(=O)N[C@@H]3CCC[C@H](C)[C@@H]3C)cc2)nc2ccncc21. The number of aromatic nitrogens is 3. The molecule has 1 N–H and O–H groups in total. The van der Waals surface area contributed by atoms with Crippen LogP contribution in [0.1, 0.15) is 60.2 Å². The van der Waals surface area contributed by atoms with Gasteiger partial charge in [-0.15, -0.1) is 0 Å². The van der Waals surface area contributed by atoms with Crippen LogP contribution in [0.5, 0.6) is 0 Å². The van der Waals surface area contributed by atoms with Crippen molar-refractivity contribution in [2.75, 3.05) is 0 Å². The highest BCUT2D eigenvalue weighted by atomic mass is 32.2. The number of nitrogens with zero attached hydrogens (tertiary/aromatic N) is 3. The van der Waals surface area contributed by atoms with Gasteiger partial charge in [-0.3, -0.25) is 9.78 Å². The van der Waals surface area contributed by atoms with Gasteiger partial charge in [0.25, 0.3) is 5.91 Å². The molecule has 1 amide bonds. The molecule has 0 aliphatic heterocycles. The number of benzene rings is 2. The smallest absolute Gasteiger partial charge is 0.251 e. The molecule has 36 heavy (non-hydrogen) atoms. The zero-order chi connectivity index (χ0) is 25.1. The van der Waals surface area contributed by atoms with Crippen LogP contribution in [0.4, 0.5) is 0 Å². The maximum Gasteiger partial charge on any atom is 0.251 e. The highest BCUT2D eigenvalue weighted by molar-refractivity contribution is 7.98. The molecule has 186 valence electrons. The van der Waals surface area contributed by atoms with Crippen LogP contribution in [0.15, 0.2) is 72.1 Å². The predicted molar refractivity (Wildman–Crippen MR) is 147 cm³/mol. The van der Waals surface area contributed by atoms with E-state index in [0.717, 1.165) is 40.5 Å². The van der Waals surface area contributed by atoms with E-state index in [-0.39, 0.29) is 11.9 Å². The molecule has 1 fully saturated rings. The maximum atomic E-state index is 12.9. The molecule has 2 aromatic heterocycles. The van der Waals surface area contributed by atoms with E-state index in [1.807, 2.05) is 24.4 Å². The Kier molecular flexibility index (Phi) is 7.42. The number of hydrogen-bond acceptors (Lipinski definition) is 4. The van der Waals surface area contributed by atoms with Gasteiger partial charge in [0, 0.05) is 23.6 Å². The van der Waals surface area contributed by atoms with E-state index in [2.05, 4.69) is 72.0 Å². The summed E-state index contributed by atoms with van der Waals surface area (Å²) in [6.07, 6.45) is 7.21. The minimum Gasteiger partial charge on any atom is -0.349 e. The lowest BCUT2D eigenvalue weighted by atomic mass is 9.78. The Morgan fingerprint density at radius 1 is 1.08 bits per heavy atom. The Morgan fingerprint density at radius 3 is 2.69 bits per heavy atom. The molecule has 0 saturated heterocycles. The third-order valence-corrected chi connectivity index (χ3v) is 8.76. The zero-order valence-electron chi connectivity index (χ0n) is 21.3. The second kappa shape index (κ2) is 10.9. The monoisotopic (exact) mass is 498 g/mol. The fourth-order valence-corrected chi connectivity index (χ4v) is 6.08. The number of nitrogens with one attached hydrogen (secondary N) is 1. The van der Waals surface area contributed by atoms with Crippen molar-refractivity contribution in [3.63, 3.8) is 0 Å². The molecule has 5 nitrogen and oxygen atoms in total. The maximum absolute atomic E-state index is 12.9. The molecule has 0 bridgehead atoms. The molecule has 0 spiro atoms. The third kappa shape index (κ3) is 5.34. The fourth-order valence-electron chi connectivity index (χ4n) is 5.11. The van der Waals surface area contributed by atoms with Gasteiger partial charge in [-0.2, -0.15) is 0 Å². The minimum absolute atomic E-state index is 0.0349. The van der Waals surface area contributed by atoms with Gasteiger partial charge in [0.2, 0.25) is 0 Å². The van der Waals surface area contributed by atoms with E-state index in [1.54, 1.807) is 18.0 Å². The van der Waals surface area contributed by atoms with Gasteiger partial charge >= 0.3 is 0 Å². The van der Waals surface area contributed by atoms with Crippen LogP contribution in [-0.4, -0.2) is 26.5 Å². The van der Waals surface area contributed by atoms with E-state index in [0.29, 0.717) is 11.8 Å². The second-order valence-electron chi connectivity index (χ2n) is 10.1. The van der Waals surface area contributed by atoms with Crippen LogP contribution in [0.3, 0.4) is 0 Å². The summed E-state index contributed by atoms with van der Waals surface area (Å²) in [4.78, 5) is 22.1. The predicted octanol–water partition coefficient (Wildman–Crippen LogP) is 6.63. The first-order chi connectivity index (χ1) is 17.5. The van der Waals surface area contributed by atoms with Gasteiger partial charge in [0.05, 0.1) is 23.8 Å². The number of imidazole rings is 1. The summed E-state index contributed by atoms with van der Waals surface area (Å²) < 4.78 is 2.25. The topological polar surface area (TPSA) is 59.8 Å². The van der Waals surface area contributed by atoms with Crippen LogP contribution in [-0.2, 0) is 12.3 Å². The van der Waals surface area contributed by atoms with Crippen LogP contribution < -0.4 is 5.32 Å². The molecular weight excluding hydrogens is 464 g/mol. The fraction of sp³-hybridized carbons (Fsp3) is 0.367. The number of aryl methyl sites for hydroxylation is 1. The van der Waals surface area contributed by atoms with Crippen molar-refractivity contribution in [2.45, 2.75) is 63.5 Å². The largest absolute Gasteiger partial charge is 0.349 e. The van der Waals surface area contributed by atoms with Gasteiger partial charge in [-0.25, -0.2) is 4.98 Å². The molecule has 0 unspecified atom stereocenters. The molecule has 1 aliphatic carbocycles. The quantitative estimate of drug-likeness (QED) is 0.290. The lowest BCUT2D eigenvalue weighted by Crippen LogP contribution is -2.43. The Labute approximate surface area is 217 Å². The van der Waals surface area contributed by atoms with Gasteiger partial charge in [0.15, 0.2) is 5.16 Å². The average Bonchev–Trinajstić information content (AvgIpc) is 3.24. The Balaban J connectivity index is 1.28. The molecule has 4 aromatic rings. The van der Waals surface area contributed by atoms with E-state index in [1.165, 1.54) is 29.5 Å². The molecule has 2 aromatic carbocycles. The van der Waals surface area contributed by atoms with Crippen molar-refractivity contribution in [3.05, 3.63) is 89.2 Å². The number of hydrogen-bond donors (Lipinski definition) is 1. The van der Waals surface area contributed by atoms with Crippen LogP contribution >= 0.6 is 11.8 Å². The molecule has 2 heterocycles. The van der Waals surface area contributed by atoms with Crippen LogP contribution in [0.25, 0.3) is 11.0 Å². The number of carbonyl (C=O) groups excluding carboxylic acids is 1. The van der Waals surface area contributed by atoms with Crippen molar-refractivity contribution < 1.29 is 4.79 Å². The first-order valence-electron chi connectivity index (χ1n) is 12.9. The van der Waals surface area contributed by atoms with E-state index < -0.39 is 0 Å². The number of thioether (sulfide) groups is 1. The zero-order valence-corrected chi connectivity index (χ0v) is 22.1. The first-order valence-corrected chi connectivity index (χ1v) is 13.9. The number of rotatable bonds is 7. The summed E-state index contributed by atoms with van der Waals surface area (Å²) in [6.45, 7) is 7.46. The van der Waals surface area contributed by atoms with Gasteiger partial charge in [0.1, 0.15) is 0 Å². The molecule has 3 atom stereocenters. The van der Waals surface area contributed by atoms with E-state index >= 15 is 0 Å². The lowest BCUT2D eigenvalue weighted by Gasteiger charge is -2.34. The van der Waals surface area contributed by atoms with Crippen molar-refractivity contribution >= 4 is 28.7 Å². The van der Waals surface area contributed by atoms with E-state index in [4.69, 9.17) is 4.98 Å². The van der Waals surface area contributed by atoms with Crippen molar-refractivity contribution in [3.8, 4) is 0 Å². The summed E-state index contributed by atoms with van der Waals surface area (Å²) >= 11 is 1.72. The first kappa shape index (κ1) is 24.6. The molecule has 1 aliphatic rings. The normalized spacial score (nSPS) is 19.9. The second-order valence-corrected chi connectivity index (χ2v) is 11.0. The Hall–Kier alpha value is -3.12. The van der Waals surface area contributed by atoms with Crippen molar-refractivity contribution in [2.24, 2.45) is 11.8 Å². The molecule has 0 radical (unpaired) electrons. The molecule has 1 saturated carbocycles. The summed E-state index contributed by atoms with van der Waals surface area (Å²) in [5.74, 6) is 2.00. The summed E-state index contributed by atoms with van der Waals surface area (Å²) in [6, 6.07) is 18.7. The summed E-state index contributed by atoms with van der Waals surface area (Å²) in [5.41, 5.74) is 6.45. The average molecular weight is 499 g/mol. The highest BCUT2D eigenvalue weighted by Crippen LogP contribution is 2.30. The molecular formula is C30H34N4OS. The Morgan fingerprint density at radius 2 is 1.89 bits per heavy atom. The molecule has 6 heteroatoms. The van der Waals surface area contributed by atoms with Gasteiger partial charge < -0.3 is 9.88 Å². The number of amides is 1. The highest BCUT2D eigenvalue weighted by Gasteiger charge is 2.28. The van der Waals surface area contributed by atoms with Crippen LogP contribution in [0, 0.1) is 18.8 Å². The third-order valence-electron chi connectivity index (χ3n) is 7.71. The van der Waals surface area contributed by atoms with Gasteiger partial charge in [-0.1, -0.05) is 74.8 Å². The lowest BCUT2D eigenvalue weighted by molar-refractivity contribution is 0.0891. The standard InChI is InChI=1S/C30H34N4OS/c1-20-8-6-10-26(22(20)3)32-29(35)24-13-11-23(12-14-24)19-36-30-33-27-15-16-31-17-28(27)34(30)18-25-9-5-4-7-21(25)2/h4-5,7,9,11-17,20,22,26H,6,8,10,18-19H2,1-3H3,(H,32,35)/t20-,22-,26+/m0/s1. The summed E-state index contributed by atoms with van der Waals surface area (Å²) in [5, 5.41) is 4.25. The number of pyridine rings is 1. The minimum atomic E-state index is 0.0349.